The fraction of sp³-hybridized carbons (Fsp3) is 0.300. The summed E-state index contributed by atoms with van der Waals surface area (Å²) >= 11 is 0. The lowest BCUT2D eigenvalue weighted by molar-refractivity contribution is -0.143. The van der Waals surface area contributed by atoms with Crippen LogP contribution in [0.1, 0.15) is 40.5 Å². The highest BCUT2D eigenvalue weighted by molar-refractivity contribution is 6.05. The molecular weight excluding hydrogens is 346 g/mol. The number of hydrogen-bond donors (Lipinski definition) is 2. The van der Waals surface area contributed by atoms with E-state index in [0.29, 0.717) is 29.7 Å². The SMILES string of the molecule is CC1CCC(C(=O)O)CN1C(=O)c1cccc(NC(=O)c2cccnc2)c1. The van der Waals surface area contributed by atoms with Crippen LogP contribution in [0.3, 0.4) is 0 Å². The van der Waals surface area contributed by atoms with Gasteiger partial charge in [-0.1, -0.05) is 6.07 Å². The third-order valence-corrected chi connectivity index (χ3v) is 4.78. The third-order valence-electron chi connectivity index (χ3n) is 4.78. The second-order valence-electron chi connectivity index (χ2n) is 6.70. The van der Waals surface area contributed by atoms with Crippen molar-refractivity contribution in [3.8, 4) is 0 Å². The molecular formula is C20H21N3O4. The van der Waals surface area contributed by atoms with Crippen molar-refractivity contribution in [1.29, 1.82) is 0 Å². The second kappa shape index (κ2) is 7.99. The fourth-order valence-corrected chi connectivity index (χ4v) is 3.19. The van der Waals surface area contributed by atoms with Crippen LogP contribution in [0, 0.1) is 5.92 Å². The molecule has 1 aliphatic heterocycles. The van der Waals surface area contributed by atoms with Crippen LogP contribution in [0.2, 0.25) is 0 Å². The minimum absolute atomic E-state index is 0.0262. The maximum Gasteiger partial charge on any atom is 0.308 e. The number of aromatic nitrogens is 1. The van der Waals surface area contributed by atoms with Crippen molar-refractivity contribution in [2.24, 2.45) is 5.92 Å². The molecule has 1 aromatic heterocycles. The summed E-state index contributed by atoms with van der Waals surface area (Å²) in [6.07, 6.45) is 4.27. The minimum atomic E-state index is -0.878. The first kappa shape index (κ1) is 18.6. The second-order valence-corrected chi connectivity index (χ2v) is 6.70. The molecule has 1 fully saturated rings. The maximum atomic E-state index is 12.9. The number of hydrogen-bond acceptors (Lipinski definition) is 4. The highest BCUT2D eigenvalue weighted by Crippen LogP contribution is 2.24. The standard InChI is InChI=1S/C20H21N3O4/c1-13-7-8-16(20(26)27)12-23(13)19(25)14-4-2-6-17(10-14)22-18(24)15-5-3-9-21-11-15/h2-6,9-11,13,16H,7-8,12H2,1H3,(H,22,24)(H,26,27). The van der Waals surface area contributed by atoms with Gasteiger partial charge in [0.05, 0.1) is 11.5 Å². The third kappa shape index (κ3) is 4.31. The van der Waals surface area contributed by atoms with Gasteiger partial charge in [-0.3, -0.25) is 19.4 Å². The molecule has 2 heterocycles. The Morgan fingerprint density at radius 1 is 1.15 bits per heavy atom. The maximum absolute atomic E-state index is 12.9. The number of carbonyl (C=O) groups is 3. The van der Waals surface area contributed by atoms with E-state index in [-0.39, 0.29) is 24.4 Å². The molecule has 2 N–H and O–H groups in total. The summed E-state index contributed by atoms with van der Waals surface area (Å²) < 4.78 is 0. The van der Waals surface area contributed by atoms with Crippen LogP contribution in [-0.2, 0) is 4.79 Å². The Kier molecular flexibility index (Phi) is 5.49. The highest BCUT2D eigenvalue weighted by atomic mass is 16.4. The molecule has 27 heavy (non-hydrogen) atoms. The summed E-state index contributed by atoms with van der Waals surface area (Å²) in [6, 6.07) is 9.96. The molecule has 0 saturated carbocycles. The first-order chi connectivity index (χ1) is 13.0. The van der Waals surface area contributed by atoms with Crippen LogP contribution >= 0.6 is 0 Å². The van der Waals surface area contributed by atoms with Crippen molar-refractivity contribution in [1.82, 2.24) is 9.88 Å². The van der Waals surface area contributed by atoms with Crippen molar-refractivity contribution < 1.29 is 19.5 Å². The van der Waals surface area contributed by atoms with Crippen LogP contribution in [0.15, 0.2) is 48.8 Å². The zero-order valence-corrected chi connectivity index (χ0v) is 15.0. The number of carboxylic acids is 1. The van der Waals surface area contributed by atoms with E-state index >= 15 is 0 Å². The molecule has 0 bridgehead atoms. The average Bonchev–Trinajstić information content (AvgIpc) is 2.68. The molecule has 1 aliphatic rings. The van der Waals surface area contributed by atoms with E-state index in [9.17, 15) is 19.5 Å². The molecule has 0 radical (unpaired) electrons. The van der Waals surface area contributed by atoms with Crippen molar-refractivity contribution in [3.63, 3.8) is 0 Å². The number of nitrogens with zero attached hydrogens (tertiary/aromatic N) is 2. The Morgan fingerprint density at radius 3 is 2.63 bits per heavy atom. The van der Waals surface area contributed by atoms with Gasteiger partial charge in [-0.15, -0.1) is 0 Å². The Bertz CT molecular complexity index is 853. The lowest BCUT2D eigenvalue weighted by Crippen LogP contribution is -2.47. The van der Waals surface area contributed by atoms with E-state index in [2.05, 4.69) is 10.3 Å². The molecule has 0 spiro atoms. The normalized spacial score (nSPS) is 19.4. The van der Waals surface area contributed by atoms with E-state index in [4.69, 9.17) is 0 Å². The zero-order chi connectivity index (χ0) is 19.4. The largest absolute Gasteiger partial charge is 0.481 e. The van der Waals surface area contributed by atoms with Crippen molar-refractivity contribution in [2.75, 3.05) is 11.9 Å². The van der Waals surface area contributed by atoms with Crippen LogP contribution in [0.5, 0.6) is 0 Å². The molecule has 2 aromatic rings. The van der Waals surface area contributed by atoms with Crippen LogP contribution in [0.4, 0.5) is 5.69 Å². The topological polar surface area (TPSA) is 99.6 Å². The number of amides is 2. The Morgan fingerprint density at radius 2 is 1.93 bits per heavy atom. The van der Waals surface area contributed by atoms with E-state index in [0.717, 1.165) is 0 Å². The number of piperidine rings is 1. The Labute approximate surface area is 157 Å². The van der Waals surface area contributed by atoms with Gasteiger partial charge >= 0.3 is 5.97 Å². The predicted octanol–water partition coefficient (Wildman–Crippen LogP) is 2.66. The summed E-state index contributed by atoms with van der Waals surface area (Å²) in [4.78, 5) is 42.0. The number of likely N-dealkylation sites (tertiary alicyclic amines) is 1. The Hall–Kier alpha value is -3.22. The summed E-state index contributed by atoms with van der Waals surface area (Å²) in [7, 11) is 0. The minimum Gasteiger partial charge on any atom is -0.481 e. The molecule has 140 valence electrons. The lowest BCUT2D eigenvalue weighted by atomic mass is 9.93. The molecule has 7 heteroatoms. The van der Waals surface area contributed by atoms with E-state index in [1.165, 1.54) is 6.20 Å². The summed E-state index contributed by atoms with van der Waals surface area (Å²) in [5.74, 6) is -1.97. The van der Waals surface area contributed by atoms with Gasteiger partial charge in [0, 0.05) is 36.2 Å². The van der Waals surface area contributed by atoms with Gasteiger partial charge in [-0.25, -0.2) is 0 Å². The zero-order valence-electron chi connectivity index (χ0n) is 15.0. The Balaban J connectivity index is 1.75. The molecule has 7 nitrogen and oxygen atoms in total. The van der Waals surface area contributed by atoms with Gasteiger partial charge in [-0.2, -0.15) is 0 Å². The summed E-state index contributed by atoms with van der Waals surface area (Å²) in [5.41, 5.74) is 1.33. The number of anilines is 1. The molecule has 3 rings (SSSR count). The van der Waals surface area contributed by atoms with Crippen molar-refractivity contribution >= 4 is 23.5 Å². The number of carboxylic acid groups (broad SMARTS) is 1. The first-order valence-electron chi connectivity index (χ1n) is 8.81. The molecule has 2 amide bonds. The van der Waals surface area contributed by atoms with Crippen molar-refractivity contribution in [2.45, 2.75) is 25.8 Å². The number of pyridine rings is 1. The fourth-order valence-electron chi connectivity index (χ4n) is 3.19. The summed E-state index contributed by atoms with van der Waals surface area (Å²) in [5, 5.41) is 12.0. The molecule has 1 saturated heterocycles. The van der Waals surface area contributed by atoms with Crippen LogP contribution in [0.25, 0.3) is 0 Å². The molecule has 0 aliphatic carbocycles. The van der Waals surface area contributed by atoms with Gasteiger partial charge in [0.2, 0.25) is 0 Å². The van der Waals surface area contributed by atoms with Crippen molar-refractivity contribution in [3.05, 3.63) is 59.9 Å². The predicted molar refractivity (Wildman–Crippen MR) is 99.5 cm³/mol. The number of aliphatic carboxylic acids is 1. The number of benzene rings is 1. The monoisotopic (exact) mass is 367 g/mol. The molecule has 2 unspecified atom stereocenters. The molecule has 2 atom stereocenters. The lowest BCUT2D eigenvalue weighted by Gasteiger charge is -2.36. The van der Waals surface area contributed by atoms with Crippen LogP contribution < -0.4 is 5.32 Å². The van der Waals surface area contributed by atoms with Gasteiger partial charge < -0.3 is 15.3 Å². The first-order valence-corrected chi connectivity index (χ1v) is 8.81. The average molecular weight is 367 g/mol. The van der Waals surface area contributed by atoms with Gasteiger partial charge in [0.15, 0.2) is 0 Å². The summed E-state index contributed by atoms with van der Waals surface area (Å²) in [6.45, 7) is 2.12. The van der Waals surface area contributed by atoms with Gasteiger partial charge in [0.25, 0.3) is 11.8 Å². The van der Waals surface area contributed by atoms with Gasteiger partial charge in [0.1, 0.15) is 0 Å². The quantitative estimate of drug-likeness (QED) is 0.865. The number of nitrogens with one attached hydrogen (secondary N) is 1. The van der Waals surface area contributed by atoms with E-state index in [1.807, 2.05) is 6.92 Å². The highest BCUT2D eigenvalue weighted by Gasteiger charge is 2.33. The van der Waals surface area contributed by atoms with Gasteiger partial charge in [-0.05, 0) is 50.1 Å². The number of rotatable bonds is 4. The number of carbonyl (C=O) groups excluding carboxylic acids is 2. The van der Waals surface area contributed by atoms with E-state index < -0.39 is 11.9 Å². The molecule has 1 aromatic carbocycles. The smallest absolute Gasteiger partial charge is 0.308 e. The van der Waals surface area contributed by atoms with E-state index in [1.54, 1.807) is 47.5 Å². The van der Waals surface area contributed by atoms with Crippen LogP contribution in [-0.4, -0.2) is 45.4 Å².